The fourth-order valence-electron chi connectivity index (χ4n) is 2.99. The molecule has 0 saturated heterocycles. The molecule has 0 saturated carbocycles. The number of aromatic nitrogens is 2. The summed E-state index contributed by atoms with van der Waals surface area (Å²) < 4.78 is 12.2. The number of nitrogens with one attached hydrogen (secondary N) is 1. The third-order valence-corrected chi connectivity index (χ3v) is 5.62. The van der Waals surface area contributed by atoms with Crippen molar-refractivity contribution in [1.82, 2.24) is 14.9 Å². The van der Waals surface area contributed by atoms with E-state index in [0.29, 0.717) is 39.8 Å². The summed E-state index contributed by atoms with van der Waals surface area (Å²) >= 11 is 1.24. The van der Waals surface area contributed by atoms with Crippen LogP contribution in [0.4, 0.5) is 0 Å². The average Bonchev–Trinajstić information content (AvgIpc) is 2.77. The van der Waals surface area contributed by atoms with Crippen molar-refractivity contribution in [3.8, 4) is 17.2 Å². The van der Waals surface area contributed by atoms with E-state index in [1.54, 1.807) is 57.5 Å². The van der Waals surface area contributed by atoms with E-state index in [1.165, 1.54) is 16.3 Å². The Morgan fingerprint density at radius 2 is 1.90 bits per heavy atom. The Balaban J connectivity index is 2.14. The van der Waals surface area contributed by atoms with Crippen LogP contribution in [0.25, 0.3) is 16.6 Å². The number of benzene rings is 2. The SMILES string of the molecule is CCCNC(=O)C(C)Sc1nc2ccccc2c(=O)n1-c1ccc(OC)c(OC)c1. The van der Waals surface area contributed by atoms with Crippen LogP contribution in [-0.4, -0.2) is 41.5 Å². The highest BCUT2D eigenvalue weighted by atomic mass is 32.2. The lowest BCUT2D eigenvalue weighted by atomic mass is 10.2. The molecule has 1 amide bonds. The highest BCUT2D eigenvalue weighted by molar-refractivity contribution is 8.00. The summed E-state index contributed by atoms with van der Waals surface area (Å²) in [6.07, 6.45) is 0.855. The van der Waals surface area contributed by atoms with Gasteiger partial charge in [0.05, 0.1) is 36.1 Å². The monoisotopic (exact) mass is 427 g/mol. The molecule has 0 aliphatic heterocycles. The van der Waals surface area contributed by atoms with Crippen LogP contribution in [0.1, 0.15) is 20.3 Å². The van der Waals surface area contributed by atoms with Gasteiger partial charge >= 0.3 is 0 Å². The zero-order chi connectivity index (χ0) is 21.7. The van der Waals surface area contributed by atoms with Crippen molar-refractivity contribution >= 4 is 28.6 Å². The number of carbonyl (C=O) groups is 1. The lowest BCUT2D eigenvalue weighted by molar-refractivity contribution is -0.120. The first-order valence-corrected chi connectivity index (χ1v) is 10.6. The van der Waals surface area contributed by atoms with E-state index in [9.17, 15) is 9.59 Å². The number of hydrogen-bond acceptors (Lipinski definition) is 6. The summed E-state index contributed by atoms with van der Waals surface area (Å²) in [5.74, 6) is 0.965. The van der Waals surface area contributed by atoms with E-state index in [2.05, 4.69) is 10.3 Å². The second kappa shape index (κ2) is 9.67. The van der Waals surface area contributed by atoms with Gasteiger partial charge in [0.1, 0.15) is 0 Å². The molecule has 1 N–H and O–H groups in total. The van der Waals surface area contributed by atoms with Crippen LogP contribution in [0.5, 0.6) is 11.5 Å². The van der Waals surface area contributed by atoms with Gasteiger partial charge in [-0.2, -0.15) is 0 Å². The highest BCUT2D eigenvalue weighted by Crippen LogP contribution is 2.31. The molecule has 7 nitrogen and oxygen atoms in total. The molecule has 1 atom stereocenters. The Hall–Kier alpha value is -3.00. The number of methoxy groups -OCH3 is 2. The van der Waals surface area contributed by atoms with Crippen LogP contribution in [-0.2, 0) is 4.79 Å². The van der Waals surface area contributed by atoms with Crippen molar-refractivity contribution in [3.63, 3.8) is 0 Å². The number of hydrogen-bond donors (Lipinski definition) is 1. The molecule has 0 fully saturated rings. The zero-order valence-electron chi connectivity index (χ0n) is 17.5. The first-order valence-electron chi connectivity index (χ1n) is 9.68. The third-order valence-electron chi connectivity index (χ3n) is 4.57. The summed E-state index contributed by atoms with van der Waals surface area (Å²) in [7, 11) is 3.10. The summed E-state index contributed by atoms with van der Waals surface area (Å²) in [6.45, 7) is 4.41. The molecule has 1 unspecified atom stereocenters. The minimum Gasteiger partial charge on any atom is -0.493 e. The lowest BCUT2D eigenvalue weighted by Crippen LogP contribution is -2.32. The molecule has 3 aromatic rings. The van der Waals surface area contributed by atoms with Crippen molar-refractivity contribution < 1.29 is 14.3 Å². The van der Waals surface area contributed by atoms with Crippen LogP contribution < -0.4 is 20.3 Å². The molecule has 0 bridgehead atoms. The van der Waals surface area contributed by atoms with Crippen molar-refractivity contribution in [3.05, 3.63) is 52.8 Å². The Labute approximate surface area is 179 Å². The molecule has 1 aromatic heterocycles. The van der Waals surface area contributed by atoms with Gasteiger partial charge in [-0.05, 0) is 37.6 Å². The van der Waals surface area contributed by atoms with Gasteiger partial charge in [-0.15, -0.1) is 0 Å². The van der Waals surface area contributed by atoms with Gasteiger partial charge in [-0.25, -0.2) is 4.98 Å². The van der Waals surface area contributed by atoms with Crippen molar-refractivity contribution in [2.24, 2.45) is 0 Å². The lowest BCUT2D eigenvalue weighted by Gasteiger charge is -2.17. The van der Waals surface area contributed by atoms with E-state index in [1.807, 2.05) is 13.0 Å². The van der Waals surface area contributed by atoms with Gasteiger partial charge in [0.25, 0.3) is 5.56 Å². The number of ether oxygens (including phenoxy) is 2. The molecule has 0 aliphatic rings. The molecule has 0 aliphatic carbocycles. The molecular weight excluding hydrogens is 402 g/mol. The Morgan fingerprint density at radius 1 is 1.17 bits per heavy atom. The predicted octanol–water partition coefficient (Wildman–Crippen LogP) is 3.41. The second-order valence-corrected chi connectivity index (χ2v) is 7.95. The Kier molecular flexibility index (Phi) is 6.99. The number of fused-ring (bicyclic) bond motifs is 1. The summed E-state index contributed by atoms with van der Waals surface area (Å²) in [4.78, 5) is 30.5. The summed E-state index contributed by atoms with van der Waals surface area (Å²) in [5, 5.41) is 3.40. The molecule has 0 radical (unpaired) electrons. The van der Waals surface area contributed by atoms with E-state index < -0.39 is 5.25 Å². The third kappa shape index (κ3) is 4.43. The Morgan fingerprint density at radius 3 is 2.60 bits per heavy atom. The molecule has 0 spiro atoms. The number of amides is 1. The molecule has 158 valence electrons. The first-order chi connectivity index (χ1) is 14.5. The van der Waals surface area contributed by atoms with Crippen molar-refractivity contribution in [1.29, 1.82) is 0 Å². The van der Waals surface area contributed by atoms with Gasteiger partial charge < -0.3 is 14.8 Å². The van der Waals surface area contributed by atoms with Gasteiger partial charge in [-0.1, -0.05) is 30.8 Å². The summed E-state index contributed by atoms with van der Waals surface area (Å²) in [5.41, 5.74) is 0.957. The fourth-order valence-corrected chi connectivity index (χ4v) is 3.94. The number of carbonyl (C=O) groups excluding carboxylic acids is 1. The number of thioether (sulfide) groups is 1. The van der Waals surface area contributed by atoms with Crippen LogP contribution >= 0.6 is 11.8 Å². The maximum atomic E-state index is 13.4. The maximum absolute atomic E-state index is 13.4. The van der Waals surface area contributed by atoms with Gasteiger partial charge in [0, 0.05) is 12.6 Å². The summed E-state index contributed by atoms with van der Waals surface area (Å²) in [6, 6.07) is 12.4. The van der Waals surface area contributed by atoms with Gasteiger partial charge in [-0.3, -0.25) is 14.2 Å². The second-order valence-electron chi connectivity index (χ2n) is 6.64. The van der Waals surface area contributed by atoms with E-state index in [-0.39, 0.29) is 11.5 Å². The van der Waals surface area contributed by atoms with Crippen LogP contribution in [0.3, 0.4) is 0 Å². The quantitative estimate of drug-likeness (QED) is 0.438. The standard InChI is InChI=1S/C22H25N3O4S/c1-5-12-23-20(26)14(2)30-22-24-17-9-7-6-8-16(17)21(27)25(22)15-10-11-18(28-3)19(13-15)29-4/h6-11,13-14H,5,12H2,1-4H3,(H,23,26). The minimum atomic E-state index is -0.420. The van der Waals surface area contributed by atoms with Crippen LogP contribution in [0.2, 0.25) is 0 Å². The fraction of sp³-hybridized carbons (Fsp3) is 0.318. The molecule has 3 rings (SSSR count). The highest BCUT2D eigenvalue weighted by Gasteiger charge is 2.20. The van der Waals surface area contributed by atoms with Crippen molar-refractivity contribution in [2.45, 2.75) is 30.7 Å². The number of rotatable bonds is 8. The zero-order valence-corrected chi connectivity index (χ0v) is 18.3. The topological polar surface area (TPSA) is 82.5 Å². The minimum absolute atomic E-state index is 0.0943. The smallest absolute Gasteiger partial charge is 0.266 e. The maximum Gasteiger partial charge on any atom is 0.266 e. The number of nitrogens with zero attached hydrogens (tertiary/aromatic N) is 2. The molecule has 30 heavy (non-hydrogen) atoms. The largest absolute Gasteiger partial charge is 0.493 e. The van der Waals surface area contributed by atoms with Crippen LogP contribution in [0.15, 0.2) is 52.4 Å². The number of para-hydroxylation sites is 1. The van der Waals surface area contributed by atoms with E-state index in [4.69, 9.17) is 9.47 Å². The Bertz CT molecular complexity index is 1110. The normalized spacial score (nSPS) is 11.9. The molecule has 2 aromatic carbocycles. The van der Waals surface area contributed by atoms with Gasteiger partial charge in [0.2, 0.25) is 5.91 Å². The average molecular weight is 428 g/mol. The predicted molar refractivity (Wildman–Crippen MR) is 119 cm³/mol. The van der Waals surface area contributed by atoms with Gasteiger partial charge in [0.15, 0.2) is 16.7 Å². The first kappa shape index (κ1) is 21.7. The molecular formula is C22H25N3O4S. The molecule has 8 heteroatoms. The van der Waals surface area contributed by atoms with Crippen molar-refractivity contribution in [2.75, 3.05) is 20.8 Å². The van der Waals surface area contributed by atoms with Crippen LogP contribution in [0, 0.1) is 0 Å². The van der Waals surface area contributed by atoms with E-state index >= 15 is 0 Å². The molecule has 1 heterocycles. The van der Waals surface area contributed by atoms with E-state index in [0.717, 1.165) is 6.42 Å².